The van der Waals surface area contributed by atoms with E-state index in [4.69, 9.17) is 10.5 Å². The van der Waals surface area contributed by atoms with Crippen molar-refractivity contribution in [2.45, 2.75) is 31.9 Å². The maximum atomic E-state index is 11.8. The molecule has 0 radical (unpaired) electrons. The molecule has 2 N–H and O–H groups in total. The van der Waals surface area contributed by atoms with Gasteiger partial charge in [-0.25, -0.2) is 0 Å². The fourth-order valence-corrected chi connectivity index (χ4v) is 2.32. The third-order valence-electron chi connectivity index (χ3n) is 3.49. The molecule has 1 aliphatic heterocycles. The van der Waals surface area contributed by atoms with Crippen molar-refractivity contribution in [3.63, 3.8) is 0 Å². The number of hydrogen-bond donors (Lipinski definition) is 1. The Bertz CT molecular complexity index is 507. The van der Waals surface area contributed by atoms with Gasteiger partial charge in [-0.05, 0) is 19.1 Å². The van der Waals surface area contributed by atoms with Crippen LogP contribution in [0.5, 0.6) is 5.75 Å². The summed E-state index contributed by atoms with van der Waals surface area (Å²) < 4.78 is 5.79. The highest BCUT2D eigenvalue weighted by molar-refractivity contribution is 5.81. The van der Waals surface area contributed by atoms with Gasteiger partial charge >= 0.3 is 0 Å². The van der Waals surface area contributed by atoms with Gasteiger partial charge in [-0.15, -0.1) is 0 Å². The van der Waals surface area contributed by atoms with Crippen LogP contribution in [0.3, 0.4) is 0 Å². The summed E-state index contributed by atoms with van der Waals surface area (Å²) in [5.74, 6) is 0.571. The highest BCUT2D eigenvalue weighted by Gasteiger charge is 2.25. The van der Waals surface area contributed by atoms with Crippen LogP contribution in [0.15, 0.2) is 24.3 Å². The molecule has 0 aromatic heterocycles. The quantitative estimate of drug-likeness (QED) is 0.666. The van der Waals surface area contributed by atoms with Gasteiger partial charge < -0.3 is 15.4 Å². The van der Waals surface area contributed by atoms with Crippen LogP contribution < -0.4 is 10.5 Å². The molecule has 7 nitrogen and oxygen atoms in total. The smallest absolute Gasteiger partial charge is 0.269 e. The zero-order valence-electron chi connectivity index (χ0n) is 11.9. The van der Waals surface area contributed by atoms with Crippen LogP contribution >= 0.6 is 0 Å². The first-order valence-electron chi connectivity index (χ1n) is 6.93. The van der Waals surface area contributed by atoms with E-state index in [0.717, 1.165) is 12.8 Å². The van der Waals surface area contributed by atoms with Crippen molar-refractivity contribution in [2.75, 3.05) is 13.1 Å². The molecule has 1 amide bonds. The summed E-state index contributed by atoms with van der Waals surface area (Å²) in [4.78, 5) is 23.6. The van der Waals surface area contributed by atoms with Gasteiger partial charge in [0, 0.05) is 38.1 Å². The Kier molecular flexibility index (Phi) is 4.74. The first-order valence-corrected chi connectivity index (χ1v) is 6.93. The van der Waals surface area contributed by atoms with E-state index in [1.54, 1.807) is 24.0 Å². The zero-order chi connectivity index (χ0) is 15.4. The monoisotopic (exact) mass is 293 g/mol. The first kappa shape index (κ1) is 15.2. The molecule has 1 fully saturated rings. The van der Waals surface area contributed by atoms with Crippen molar-refractivity contribution in [2.24, 2.45) is 5.73 Å². The minimum absolute atomic E-state index is 0.0172. The topological polar surface area (TPSA) is 98.7 Å². The van der Waals surface area contributed by atoms with Crippen molar-refractivity contribution in [3.05, 3.63) is 34.4 Å². The summed E-state index contributed by atoms with van der Waals surface area (Å²) in [6, 6.07) is 5.56. The SMILES string of the molecule is C[C@H](N)C(=O)N1CCC(Oc2ccc([N+](=O)[O-])cc2)CC1. The van der Waals surface area contributed by atoms with Gasteiger partial charge in [0.1, 0.15) is 11.9 Å². The van der Waals surface area contributed by atoms with Crippen LogP contribution in [0.2, 0.25) is 0 Å². The lowest BCUT2D eigenvalue weighted by Gasteiger charge is -2.33. The molecule has 1 aromatic rings. The standard InChI is InChI=1S/C14H19N3O4/c1-10(15)14(18)16-8-6-13(7-9-16)21-12-4-2-11(3-5-12)17(19)20/h2-5,10,13H,6-9,15H2,1H3/t10-/m0/s1. The third-order valence-corrected chi connectivity index (χ3v) is 3.49. The van der Waals surface area contributed by atoms with Crippen molar-refractivity contribution in [1.29, 1.82) is 0 Å². The number of amides is 1. The molecule has 1 aliphatic rings. The predicted octanol–water partition coefficient (Wildman–Crippen LogP) is 1.31. The van der Waals surface area contributed by atoms with Crippen LogP contribution in [0.4, 0.5) is 5.69 Å². The number of piperidine rings is 1. The van der Waals surface area contributed by atoms with E-state index in [1.165, 1.54) is 12.1 Å². The van der Waals surface area contributed by atoms with E-state index >= 15 is 0 Å². The lowest BCUT2D eigenvalue weighted by atomic mass is 10.1. The van der Waals surface area contributed by atoms with Gasteiger partial charge in [-0.3, -0.25) is 14.9 Å². The molecule has 1 atom stereocenters. The Labute approximate surface area is 122 Å². The summed E-state index contributed by atoms with van der Waals surface area (Å²) in [7, 11) is 0. The second kappa shape index (κ2) is 6.53. The number of nitrogens with zero attached hydrogens (tertiary/aromatic N) is 2. The number of carbonyl (C=O) groups excluding carboxylic acids is 1. The number of nitro groups is 1. The fourth-order valence-electron chi connectivity index (χ4n) is 2.32. The van der Waals surface area contributed by atoms with Crippen molar-refractivity contribution >= 4 is 11.6 Å². The van der Waals surface area contributed by atoms with Crippen molar-refractivity contribution in [1.82, 2.24) is 4.90 Å². The maximum absolute atomic E-state index is 11.8. The van der Waals surface area contributed by atoms with Crippen molar-refractivity contribution in [3.8, 4) is 5.75 Å². The number of benzene rings is 1. The minimum atomic E-state index is -0.475. The number of rotatable bonds is 4. The highest BCUT2D eigenvalue weighted by Crippen LogP contribution is 2.22. The Morgan fingerprint density at radius 2 is 1.95 bits per heavy atom. The van der Waals surface area contributed by atoms with Gasteiger partial charge in [0.15, 0.2) is 0 Å². The molecule has 1 saturated heterocycles. The summed E-state index contributed by atoms with van der Waals surface area (Å²) in [5.41, 5.74) is 5.63. The molecule has 114 valence electrons. The summed E-state index contributed by atoms with van der Waals surface area (Å²) in [6.07, 6.45) is 1.48. The first-order chi connectivity index (χ1) is 9.97. The molecule has 0 aliphatic carbocycles. The second-order valence-electron chi connectivity index (χ2n) is 5.18. The predicted molar refractivity (Wildman–Crippen MR) is 77.0 cm³/mol. The van der Waals surface area contributed by atoms with Crippen LogP contribution in [-0.4, -0.2) is 41.0 Å². The van der Waals surface area contributed by atoms with Crippen molar-refractivity contribution < 1.29 is 14.5 Å². The molecule has 21 heavy (non-hydrogen) atoms. The van der Waals surface area contributed by atoms with Crippen LogP contribution in [0.1, 0.15) is 19.8 Å². The summed E-state index contributed by atoms with van der Waals surface area (Å²) in [6.45, 7) is 2.93. The fraction of sp³-hybridized carbons (Fsp3) is 0.500. The van der Waals surface area contributed by atoms with Gasteiger partial charge in [-0.1, -0.05) is 0 Å². The second-order valence-corrected chi connectivity index (χ2v) is 5.18. The normalized spacial score (nSPS) is 17.3. The molecule has 0 saturated carbocycles. The number of non-ortho nitro benzene ring substituents is 1. The van der Waals surface area contributed by atoms with Gasteiger partial charge in [0.05, 0.1) is 11.0 Å². The molecule has 0 bridgehead atoms. The molecule has 7 heteroatoms. The van der Waals surface area contributed by atoms with Gasteiger partial charge in [0.2, 0.25) is 5.91 Å². The van der Waals surface area contributed by atoms with Gasteiger partial charge in [0.25, 0.3) is 5.69 Å². The van der Waals surface area contributed by atoms with E-state index in [9.17, 15) is 14.9 Å². The number of nitrogens with two attached hydrogens (primary N) is 1. The summed E-state index contributed by atoms with van der Waals surface area (Å²) >= 11 is 0. The van der Waals surface area contributed by atoms with Gasteiger partial charge in [-0.2, -0.15) is 0 Å². The largest absolute Gasteiger partial charge is 0.490 e. The number of carbonyl (C=O) groups is 1. The Morgan fingerprint density at radius 3 is 2.43 bits per heavy atom. The Morgan fingerprint density at radius 1 is 1.38 bits per heavy atom. The van der Waals surface area contributed by atoms with E-state index in [1.807, 2.05) is 0 Å². The number of nitro benzene ring substituents is 1. The molecular weight excluding hydrogens is 274 g/mol. The minimum Gasteiger partial charge on any atom is -0.490 e. The number of ether oxygens (including phenoxy) is 1. The molecule has 0 spiro atoms. The molecular formula is C14H19N3O4. The lowest BCUT2D eigenvalue weighted by molar-refractivity contribution is -0.384. The molecule has 0 unspecified atom stereocenters. The summed E-state index contributed by atoms with van der Waals surface area (Å²) in [5, 5.41) is 10.6. The Hall–Kier alpha value is -2.15. The average molecular weight is 293 g/mol. The highest BCUT2D eigenvalue weighted by atomic mass is 16.6. The number of likely N-dealkylation sites (tertiary alicyclic amines) is 1. The molecule has 1 aromatic carbocycles. The van der Waals surface area contributed by atoms with Crippen LogP contribution in [0, 0.1) is 10.1 Å². The zero-order valence-corrected chi connectivity index (χ0v) is 11.9. The van der Waals surface area contributed by atoms with E-state index in [-0.39, 0.29) is 17.7 Å². The van der Waals surface area contributed by atoms with Crippen LogP contribution in [0.25, 0.3) is 0 Å². The van der Waals surface area contributed by atoms with Crippen LogP contribution in [-0.2, 0) is 4.79 Å². The third kappa shape index (κ3) is 3.91. The molecule has 2 rings (SSSR count). The Balaban J connectivity index is 1.86. The lowest BCUT2D eigenvalue weighted by Crippen LogP contribution is -2.47. The van der Waals surface area contributed by atoms with E-state index in [0.29, 0.717) is 18.8 Å². The molecule has 1 heterocycles. The maximum Gasteiger partial charge on any atom is 0.269 e. The van der Waals surface area contributed by atoms with E-state index < -0.39 is 11.0 Å². The number of hydrogen-bond acceptors (Lipinski definition) is 5. The average Bonchev–Trinajstić information content (AvgIpc) is 2.47. The van der Waals surface area contributed by atoms with E-state index in [2.05, 4.69) is 0 Å².